The van der Waals surface area contributed by atoms with Gasteiger partial charge < -0.3 is 9.73 Å². The van der Waals surface area contributed by atoms with Crippen LogP contribution in [0.5, 0.6) is 0 Å². The van der Waals surface area contributed by atoms with Crippen molar-refractivity contribution >= 4 is 28.2 Å². The van der Waals surface area contributed by atoms with E-state index in [2.05, 4.69) is 20.5 Å². The molecule has 0 fully saturated rings. The molecule has 21 heavy (non-hydrogen) atoms. The molecular weight excluding hydrogens is 311 g/mol. The highest BCUT2D eigenvalue weighted by Crippen LogP contribution is 2.29. The molecule has 0 radical (unpaired) electrons. The van der Waals surface area contributed by atoms with Gasteiger partial charge in [-0.3, -0.25) is 0 Å². The molecule has 0 spiro atoms. The number of aromatic nitrogens is 3. The maximum atomic E-state index is 13.2. The third kappa shape index (κ3) is 3.40. The lowest BCUT2D eigenvalue weighted by Gasteiger charge is -1.96. The Labute approximate surface area is 128 Å². The van der Waals surface area contributed by atoms with Crippen LogP contribution in [0.15, 0.2) is 39.2 Å². The molecule has 0 aliphatic heterocycles. The second kappa shape index (κ2) is 6.23. The summed E-state index contributed by atoms with van der Waals surface area (Å²) in [5.74, 6) is 1.38. The Morgan fingerprint density at radius 3 is 3.05 bits per heavy atom. The Kier molecular flexibility index (Phi) is 4.16. The lowest BCUT2D eigenvalue weighted by atomic mass is 10.2. The highest BCUT2D eigenvalue weighted by Gasteiger charge is 2.09. The van der Waals surface area contributed by atoms with Gasteiger partial charge in [0.15, 0.2) is 10.1 Å². The number of nitrogens with zero attached hydrogens (tertiary/aromatic N) is 3. The first kappa shape index (κ1) is 14.0. The average Bonchev–Trinajstić information content (AvgIpc) is 3.14. The number of benzene rings is 1. The SMILES string of the molecule is CNc1nnc(SCc2ncc(-c3cccc(F)c3)o2)s1. The number of hydrogen-bond acceptors (Lipinski definition) is 7. The fourth-order valence-corrected chi connectivity index (χ4v) is 3.20. The van der Waals surface area contributed by atoms with Crippen LogP contribution in [-0.4, -0.2) is 22.2 Å². The first-order valence-corrected chi connectivity index (χ1v) is 7.89. The van der Waals surface area contributed by atoms with Crippen molar-refractivity contribution < 1.29 is 8.81 Å². The summed E-state index contributed by atoms with van der Waals surface area (Å²) in [4.78, 5) is 4.20. The molecule has 2 aromatic heterocycles. The summed E-state index contributed by atoms with van der Waals surface area (Å²) >= 11 is 2.96. The van der Waals surface area contributed by atoms with E-state index >= 15 is 0 Å². The van der Waals surface area contributed by atoms with Crippen molar-refractivity contribution in [3.05, 3.63) is 42.2 Å². The second-order valence-electron chi connectivity index (χ2n) is 4.04. The Bertz CT molecular complexity index is 743. The van der Waals surface area contributed by atoms with Crippen LogP contribution >= 0.6 is 23.1 Å². The molecule has 5 nitrogen and oxygen atoms in total. The maximum Gasteiger partial charge on any atom is 0.206 e. The van der Waals surface area contributed by atoms with Crippen molar-refractivity contribution in [2.75, 3.05) is 12.4 Å². The van der Waals surface area contributed by atoms with E-state index in [9.17, 15) is 4.39 Å². The number of hydrogen-bond donors (Lipinski definition) is 1. The van der Waals surface area contributed by atoms with Gasteiger partial charge in [-0.2, -0.15) is 0 Å². The lowest BCUT2D eigenvalue weighted by Crippen LogP contribution is -1.84. The molecule has 0 bridgehead atoms. The zero-order valence-electron chi connectivity index (χ0n) is 11.0. The van der Waals surface area contributed by atoms with Gasteiger partial charge in [-0.15, -0.1) is 10.2 Å². The van der Waals surface area contributed by atoms with E-state index in [1.165, 1.54) is 35.2 Å². The number of halogens is 1. The van der Waals surface area contributed by atoms with E-state index in [-0.39, 0.29) is 5.82 Å². The van der Waals surface area contributed by atoms with Crippen LogP contribution in [0.4, 0.5) is 9.52 Å². The van der Waals surface area contributed by atoms with Gasteiger partial charge in [0, 0.05) is 12.6 Å². The predicted octanol–water partition coefficient (Wildman–Crippen LogP) is 3.67. The minimum absolute atomic E-state index is 0.298. The Hall–Kier alpha value is -1.93. The number of oxazole rings is 1. The molecule has 1 aromatic carbocycles. The number of nitrogens with one attached hydrogen (secondary N) is 1. The number of anilines is 1. The molecule has 8 heteroatoms. The lowest BCUT2D eigenvalue weighted by molar-refractivity contribution is 0.529. The van der Waals surface area contributed by atoms with E-state index in [0.717, 1.165) is 9.47 Å². The molecule has 3 aromatic rings. The van der Waals surface area contributed by atoms with Crippen LogP contribution < -0.4 is 5.32 Å². The quantitative estimate of drug-likeness (QED) is 0.723. The van der Waals surface area contributed by atoms with Gasteiger partial charge in [0.25, 0.3) is 0 Å². The van der Waals surface area contributed by atoms with Crippen LogP contribution in [0.25, 0.3) is 11.3 Å². The van der Waals surface area contributed by atoms with Crippen molar-refractivity contribution in [1.82, 2.24) is 15.2 Å². The summed E-state index contributed by atoms with van der Waals surface area (Å²) in [6.07, 6.45) is 1.60. The van der Waals surface area contributed by atoms with E-state index in [4.69, 9.17) is 4.42 Å². The zero-order chi connectivity index (χ0) is 14.7. The van der Waals surface area contributed by atoms with Crippen LogP contribution in [0.2, 0.25) is 0 Å². The summed E-state index contributed by atoms with van der Waals surface area (Å²) < 4.78 is 19.6. The van der Waals surface area contributed by atoms with Gasteiger partial charge in [0.05, 0.1) is 11.9 Å². The summed E-state index contributed by atoms with van der Waals surface area (Å²) in [5.41, 5.74) is 0.673. The molecule has 0 saturated heterocycles. The molecule has 0 amide bonds. The van der Waals surface area contributed by atoms with Gasteiger partial charge in [-0.25, -0.2) is 9.37 Å². The van der Waals surface area contributed by atoms with Crippen LogP contribution in [0.3, 0.4) is 0 Å². The summed E-state index contributed by atoms with van der Waals surface area (Å²) in [5, 5.41) is 11.7. The van der Waals surface area contributed by atoms with Crippen molar-refractivity contribution in [2.24, 2.45) is 0 Å². The van der Waals surface area contributed by atoms with E-state index < -0.39 is 0 Å². The van der Waals surface area contributed by atoms with E-state index in [0.29, 0.717) is 23.0 Å². The zero-order valence-corrected chi connectivity index (χ0v) is 12.7. The molecule has 0 saturated carbocycles. The highest BCUT2D eigenvalue weighted by atomic mass is 32.2. The first-order valence-electron chi connectivity index (χ1n) is 6.09. The van der Waals surface area contributed by atoms with Crippen molar-refractivity contribution in [2.45, 2.75) is 10.1 Å². The molecule has 108 valence electrons. The van der Waals surface area contributed by atoms with Crippen LogP contribution in [-0.2, 0) is 5.75 Å². The molecule has 0 aliphatic carbocycles. The van der Waals surface area contributed by atoms with Crippen molar-refractivity contribution in [3.63, 3.8) is 0 Å². The van der Waals surface area contributed by atoms with Gasteiger partial charge >= 0.3 is 0 Å². The normalized spacial score (nSPS) is 10.8. The fourth-order valence-electron chi connectivity index (χ4n) is 1.64. The molecule has 0 atom stereocenters. The van der Waals surface area contributed by atoms with Crippen LogP contribution in [0, 0.1) is 5.82 Å². The second-order valence-corrected chi connectivity index (χ2v) is 6.24. The minimum Gasteiger partial charge on any atom is -0.440 e. The molecule has 0 aliphatic rings. The molecule has 3 rings (SSSR count). The summed E-state index contributed by atoms with van der Waals surface area (Å²) in [6, 6.07) is 6.24. The summed E-state index contributed by atoms with van der Waals surface area (Å²) in [7, 11) is 1.80. The standard InChI is InChI=1S/C13H11FN4OS2/c1-15-12-17-18-13(21-12)20-7-11-16-6-10(19-11)8-3-2-4-9(14)5-8/h2-6H,7H2,1H3,(H,15,17). The minimum atomic E-state index is -0.298. The monoisotopic (exact) mass is 322 g/mol. The summed E-state index contributed by atoms with van der Waals surface area (Å²) in [6.45, 7) is 0. The Morgan fingerprint density at radius 1 is 1.38 bits per heavy atom. The van der Waals surface area contributed by atoms with Gasteiger partial charge in [-0.1, -0.05) is 35.2 Å². The molecule has 2 heterocycles. The third-order valence-corrected chi connectivity index (χ3v) is 4.66. The van der Waals surface area contributed by atoms with Crippen LogP contribution in [0.1, 0.15) is 5.89 Å². The Balaban J connectivity index is 1.67. The van der Waals surface area contributed by atoms with Gasteiger partial charge in [0.2, 0.25) is 11.0 Å². The van der Waals surface area contributed by atoms with E-state index in [1.54, 1.807) is 25.4 Å². The largest absolute Gasteiger partial charge is 0.440 e. The van der Waals surface area contributed by atoms with Crippen molar-refractivity contribution in [1.29, 1.82) is 0 Å². The van der Waals surface area contributed by atoms with Crippen molar-refractivity contribution in [3.8, 4) is 11.3 Å². The first-order chi connectivity index (χ1) is 10.2. The van der Waals surface area contributed by atoms with Gasteiger partial charge in [0.1, 0.15) is 5.82 Å². The van der Waals surface area contributed by atoms with E-state index in [1.807, 2.05) is 0 Å². The number of rotatable bonds is 5. The fraction of sp³-hybridized carbons (Fsp3) is 0.154. The Morgan fingerprint density at radius 2 is 2.29 bits per heavy atom. The third-order valence-electron chi connectivity index (χ3n) is 2.60. The maximum absolute atomic E-state index is 13.2. The average molecular weight is 322 g/mol. The van der Waals surface area contributed by atoms with Gasteiger partial charge in [-0.05, 0) is 12.1 Å². The number of thioether (sulfide) groups is 1. The molecule has 0 unspecified atom stereocenters. The molecule has 1 N–H and O–H groups in total. The molecular formula is C13H11FN4OS2. The highest BCUT2D eigenvalue weighted by molar-refractivity contribution is 8.00. The smallest absolute Gasteiger partial charge is 0.206 e. The predicted molar refractivity (Wildman–Crippen MR) is 80.9 cm³/mol. The topological polar surface area (TPSA) is 63.8 Å².